The Morgan fingerprint density at radius 1 is 1.23 bits per heavy atom. The van der Waals surface area contributed by atoms with E-state index >= 15 is 0 Å². The van der Waals surface area contributed by atoms with Crippen LogP contribution in [0.1, 0.15) is 45.4 Å². The van der Waals surface area contributed by atoms with Crippen LogP contribution in [0, 0.1) is 0 Å². The maximum absolute atomic E-state index is 11.1. The number of aliphatic hydroxyl groups excluding tert-OH is 1. The summed E-state index contributed by atoms with van der Waals surface area (Å²) in [5.41, 5.74) is 0. The molecule has 3 heteroatoms. The van der Waals surface area contributed by atoms with Gasteiger partial charge in [-0.25, -0.2) is 0 Å². The van der Waals surface area contributed by atoms with Gasteiger partial charge in [-0.15, -0.1) is 0 Å². The van der Waals surface area contributed by atoms with Crippen LogP contribution in [-0.4, -0.2) is 24.2 Å². The van der Waals surface area contributed by atoms with Gasteiger partial charge in [0.05, 0.1) is 0 Å². The van der Waals surface area contributed by atoms with E-state index in [9.17, 15) is 4.79 Å². The van der Waals surface area contributed by atoms with Crippen LogP contribution in [0.3, 0.4) is 0 Å². The number of carbonyl (C=O) groups excluding carboxylic acids is 1. The zero-order valence-corrected chi connectivity index (χ0v) is 8.51. The van der Waals surface area contributed by atoms with Crippen LogP contribution in [0.15, 0.2) is 0 Å². The standard InChI is InChI=1S/C10H21NO2/c1-2-3-5-8-11-10(13)7-4-6-9-12/h12H,2-9H2,1H3,(H,11,13). The largest absolute Gasteiger partial charge is 0.396 e. The Balaban J connectivity index is 3.11. The summed E-state index contributed by atoms with van der Waals surface area (Å²) in [6.07, 6.45) is 5.49. The summed E-state index contributed by atoms with van der Waals surface area (Å²) in [6, 6.07) is 0. The molecule has 0 bridgehead atoms. The van der Waals surface area contributed by atoms with Gasteiger partial charge < -0.3 is 10.4 Å². The van der Waals surface area contributed by atoms with Gasteiger partial charge in [-0.3, -0.25) is 4.79 Å². The molecule has 2 N–H and O–H groups in total. The molecule has 78 valence electrons. The van der Waals surface area contributed by atoms with Crippen LogP contribution < -0.4 is 5.32 Å². The van der Waals surface area contributed by atoms with Crippen molar-refractivity contribution in [3.8, 4) is 0 Å². The summed E-state index contributed by atoms with van der Waals surface area (Å²) in [4.78, 5) is 11.1. The van der Waals surface area contributed by atoms with Gasteiger partial charge in [0.25, 0.3) is 0 Å². The quantitative estimate of drug-likeness (QED) is 0.565. The van der Waals surface area contributed by atoms with Gasteiger partial charge in [-0.2, -0.15) is 0 Å². The molecule has 0 aliphatic heterocycles. The van der Waals surface area contributed by atoms with Gasteiger partial charge in [-0.1, -0.05) is 19.8 Å². The lowest BCUT2D eigenvalue weighted by Gasteiger charge is -2.03. The zero-order valence-electron chi connectivity index (χ0n) is 8.51. The molecular weight excluding hydrogens is 166 g/mol. The van der Waals surface area contributed by atoms with E-state index in [1.54, 1.807) is 0 Å². The predicted molar refractivity (Wildman–Crippen MR) is 53.5 cm³/mol. The molecule has 0 aromatic heterocycles. The molecule has 0 rings (SSSR count). The van der Waals surface area contributed by atoms with Gasteiger partial charge in [0, 0.05) is 19.6 Å². The fourth-order valence-electron chi connectivity index (χ4n) is 1.09. The van der Waals surface area contributed by atoms with Crippen LogP contribution in [-0.2, 0) is 4.79 Å². The third kappa shape index (κ3) is 9.34. The van der Waals surface area contributed by atoms with Crippen molar-refractivity contribution in [1.29, 1.82) is 0 Å². The Labute approximate surface area is 80.5 Å². The number of nitrogens with one attached hydrogen (secondary N) is 1. The molecule has 0 fully saturated rings. The lowest BCUT2D eigenvalue weighted by Crippen LogP contribution is -2.23. The van der Waals surface area contributed by atoms with Crippen LogP contribution in [0.4, 0.5) is 0 Å². The van der Waals surface area contributed by atoms with Gasteiger partial charge in [0.15, 0.2) is 0 Å². The molecule has 0 aliphatic carbocycles. The molecule has 0 unspecified atom stereocenters. The second-order valence-electron chi connectivity index (χ2n) is 3.24. The molecule has 0 saturated heterocycles. The highest BCUT2D eigenvalue weighted by molar-refractivity contribution is 5.75. The van der Waals surface area contributed by atoms with Crippen molar-refractivity contribution < 1.29 is 9.90 Å². The number of rotatable bonds is 8. The maximum Gasteiger partial charge on any atom is 0.219 e. The van der Waals surface area contributed by atoms with Crippen molar-refractivity contribution in [3.05, 3.63) is 0 Å². The molecule has 0 spiro atoms. The van der Waals surface area contributed by atoms with E-state index in [0.717, 1.165) is 25.8 Å². The minimum Gasteiger partial charge on any atom is -0.396 e. The summed E-state index contributed by atoms with van der Waals surface area (Å²) < 4.78 is 0. The molecule has 0 atom stereocenters. The molecule has 0 aromatic carbocycles. The molecule has 0 heterocycles. The first-order chi connectivity index (χ1) is 6.31. The average molecular weight is 187 g/mol. The Morgan fingerprint density at radius 2 is 2.00 bits per heavy atom. The van der Waals surface area contributed by atoms with Crippen molar-refractivity contribution in [2.75, 3.05) is 13.2 Å². The third-order valence-corrected chi connectivity index (χ3v) is 1.91. The zero-order chi connectivity index (χ0) is 9.94. The highest BCUT2D eigenvalue weighted by atomic mass is 16.2. The summed E-state index contributed by atoms with van der Waals surface area (Å²) in [5, 5.41) is 11.3. The van der Waals surface area contributed by atoms with Gasteiger partial charge in [-0.05, 0) is 19.3 Å². The molecule has 3 nitrogen and oxygen atoms in total. The average Bonchev–Trinajstić information content (AvgIpc) is 2.13. The number of amides is 1. The Morgan fingerprint density at radius 3 is 2.62 bits per heavy atom. The van der Waals surface area contributed by atoms with Crippen LogP contribution >= 0.6 is 0 Å². The van der Waals surface area contributed by atoms with Crippen molar-refractivity contribution in [2.45, 2.75) is 45.4 Å². The molecule has 1 amide bonds. The first kappa shape index (κ1) is 12.4. The van der Waals surface area contributed by atoms with E-state index in [4.69, 9.17) is 5.11 Å². The molecular formula is C10H21NO2. The predicted octanol–water partition coefficient (Wildman–Crippen LogP) is 1.46. The fraction of sp³-hybridized carbons (Fsp3) is 0.900. The lowest BCUT2D eigenvalue weighted by molar-refractivity contribution is -0.121. The fourth-order valence-corrected chi connectivity index (χ4v) is 1.09. The van der Waals surface area contributed by atoms with E-state index in [2.05, 4.69) is 12.2 Å². The molecule has 0 saturated carbocycles. The second kappa shape index (κ2) is 9.52. The van der Waals surface area contributed by atoms with Crippen LogP contribution in [0.2, 0.25) is 0 Å². The minimum absolute atomic E-state index is 0.115. The van der Waals surface area contributed by atoms with E-state index in [-0.39, 0.29) is 12.5 Å². The number of unbranched alkanes of at least 4 members (excludes halogenated alkanes) is 3. The van der Waals surface area contributed by atoms with Gasteiger partial charge >= 0.3 is 0 Å². The summed E-state index contributed by atoms with van der Waals surface area (Å²) >= 11 is 0. The smallest absolute Gasteiger partial charge is 0.219 e. The van der Waals surface area contributed by atoms with Crippen LogP contribution in [0.5, 0.6) is 0 Å². The topological polar surface area (TPSA) is 49.3 Å². The maximum atomic E-state index is 11.1. The number of hydrogen-bond acceptors (Lipinski definition) is 2. The minimum atomic E-state index is 0.115. The Hall–Kier alpha value is -0.570. The summed E-state index contributed by atoms with van der Waals surface area (Å²) in [5.74, 6) is 0.115. The number of aliphatic hydroxyl groups is 1. The number of hydrogen-bond donors (Lipinski definition) is 2. The molecule has 0 aromatic rings. The molecule has 0 radical (unpaired) electrons. The first-order valence-electron chi connectivity index (χ1n) is 5.18. The van der Waals surface area contributed by atoms with Crippen molar-refractivity contribution >= 4 is 5.91 Å². The van der Waals surface area contributed by atoms with E-state index < -0.39 is 0 Å². The summed E-state index contributed by atoms with van der Waals surface area (Å²) in [6.45, 7) is 3.12. The van der Waals surface area contributed by atoms with Crippen LogP contribution in [0.25, 0.3) is 0 Å². The SMILES string of the molecule is CCCCCNC(=O)CCCCO. The van der Waals surface area contributed by atoms with Crippen molar-refractivity contribution in [3.63, 3.8) is 0 Å². The Bertz CT molecular complexity index is 126. The summed E-state index contributed by atoms with van der Waals surface area (Å²) in [7, 11) is 0. The highest BCUT2D eigenvalue weighted by Gasteiger charge is 1.98. The van der Waals surface area contributed by atoms with E-state index in [0.29, 0.717) is 6.42 Å². The Kier molecular flexibility index (Phi) is 9.10. The first-order valence-corrected chi connectivity index (χ1v) is 5.18. The van der Waals surface area contributed by atoms with E-state index in [1.165, 1.54) is 12.8 Å². The highest BCUT2D eigenvalue weighted by Crippen LogP contribution is 1.95. The van der Waals surface area contributed by atoms with Crippen molar-refractivity contribution in [1.82, 2.24) is 5.32 Å². The molecule has 0 aliphatic rings. The molecule has 13 heavy (non-hydrogen) atoms. The second-order valence-corrected chi connectivity index (χ2v) is 3.24. The monoisotopic (exact) mass is 187 g/mol. The lowest BCUT2D eigenvalue weighted by atomic mass is 10.2. The third-order valence-electron chi connectivity index (χ3n) is 1.91. The van der Waals surface area contributed by atoms with Crippen molar-refractivity contribution in [2.24, 2.45) is 0 Å². The van der Waals surface area contributed by atoms with Gasteiger partial charge in [0.1, 0.15) is 0 Å². The van der Waals surface area contributed by atoms with E-state index in [1.807, 2.05) is 0 Å². The number of carbonyl (C=O) groups is 1. The van der Waals surface area contributed by atoms with Gasteiger partial charge in [0.2, 0.25) is 5.91 Å². The normalized spacial score (nSPS) is 10.0.